The number of aromatic nitrogens is 1. The number of halogens is 2. The first-order valence-corrected chi connectivity index (χ1v) is 9.59. The van der Waals surface area contributed by atoms with Gasteiger partial charge in [-0.3, -0.25) is 0 Å². The van der Waals surface area contributed by atoms with Gasteiger partial charge in [-0.1, -0.05) is 36.4 Å². The van der Waals surface area contributed by atoms with E-state index in [1.165, 1.54) is 23.9 Å². The zero-order chi connectivity index (χ0) is 17.2. The van der Waals surface area contributed by atoms with Crippen molar-refractivity contribution in [3.8, 4) is 0 Å². The molecule has 24 heavy (non-hydrogen) atoms. The molecule has 7 heteroatoms. The third-order valence-corrected chi connectivity index (χ3v) is 5.85. The second kappa shape index (κ2) is 6.86. The molecular weight excluding hydrogens is 352 g/mol. The Hall–Kier alpha value is -1.99. The van der Waals surface area contributed by atoms with Crippen molar-refractivity contribution in [3.05, 3.63) is 66.2 Å². The van der Waals surface area contributed by atoms with Gasteiger partial charge in [-0.2, -0.15) is 8.78 Å². The van der Waals surface area contributed by atoms with E-state index in [4.69, 9.17) is 0 Å². The van der Waals surface area contributed by atoms with Crippen molar-refractivity contribution >= 4 is 32.5 Å². The standard InChI is InChI=1S/C17H13F2NO2S2/c18-17(19)24(21,22)14-8-5-12(6-9-14)11-23-16-10-7-13-3-1-2-4-15(13)20-16/h1-10,17H,11H2. The maximum Gasteiger partial charge on any atom is 0.341 e. The monoisotopic (exact) mass is 365 g/mol. The van der Waals surface area contributed by atoms with Crippen molar-refractivity contribution in [1.82, 2.24) is 4.98 Å². The summed E-state index contributed by atoms with van der Waals surface area (Å²) in [5.41, 5.74) is 1.74. The lowest BCUT2D eigenvalue weighted by molar-refractivity contribution is 0.234. The number of benzene rings is 2. The first kappa shape index (κ1) is 16.9. The number of nitrogens with zero attached hydrogens (tertiary/aromatic N) is 1. The topological polar surface area (TPSA) is 47.0 Å². The number of hydrogen-bond donors (Lipinski definition) is 0. The molecule has 1 heterocycles. The molecule has 2 aromatic carbocycles. The van der Waals surface area contributed by atoms with Crippen LogP contribution in [0.3, 0.4) is 0 Å². The zero-order valence-electron chi connectivity index (χ0n) is 12.4. The molecule has 0 aliphatic carbocycles. The van der Waals surface area contributed by atoms with Crippen LogP contribution in [-0.4, -0.2) is 19.2 Å². The molecule has 1 aromatic heterocycles. The molecule has 0 bridgehead atoms. The molecular formula is C17H13F2NO2S2. The number of para-hydroxylation sites is 1. The Kier molecular flexibility index (Phi) is 4.82. The van der Waals surface area contributed by atoms with E-state index < -0.39 is 15.6 Å². The fourth-order valence-corrected chi connectivity index (χ4v) is 3.72. The van der Waals surface area contributed by atoms with Crippen molar-refractivity contribution in [2.75, 3.05) is 0 Å². The summed E-state index contributed by atoms with van der Waals surface area (Å²) in [6.07, 6.45) is 0. The Morgan fingerprint density at radius 2 is 1.67 bits per heavy atom. The van der Waals surface area contributed by atoms with Gasteiger partial charge in [0.05, 0.1) is 15.4 Å². The average molecular weight is 365 g/mol. The van der Waals surface area contributed by atoms with E-state index in [0.717, 1.165) is 21.5 Å². The van der Waals surface area contributed by atoms with Crippen LogP contribution in [0.5, 0.6) is 0 Å². The predicted molar refractivity (Wildman–Crippen MR) is 90.9 cm³/mol. The summed E-state index contributed by atoms with van der Waals surface area (Å²) in [4.78, 5) is 4.17. The van der Waals surface area contributed by atoms with Crippen LogP contribution in [0.25, 0.3) is 10.9 Å². The van der Waals surface area contributed by atoms with Crippen LogP contribution in [0.1, 0.15) is 5.56 Å². The maximum absolute atomic E-state index is 12.5. The lowest BCUT2D eigenvalue weighted by Gasteiger charge is -2.06. The Morgan fingerprint density at radius 3 is 2.38 bits per heavy atom. The van der Waals surface area contributed by atoms with E-state index >= 15 is 0 Å². The number of sulfone groups is 1. The van der Waals surface area contributed by atoms with Gasteiger partial charge in [-0.25, -0.2) is 13.4 Å². The van der Waals surface area contributed by atoms with Crippen molar-refractivity contribution in [3.63, 3.8) is 0 Å². The molecule has 0 fully saturated rings. The molecule has 0 saturated heterocycles. The fraction of sp³-hybridized carbons (Fsp3) is 0.118. The molecule has 0 unspecified atom stereocenters. The van der Waals surface area contributed by atoms with Crippen LogP contribution in [0.4, 0.5) is 8.78 Å². The second-order valence-corrected chi connectivity index (χ2v) is 7.99. The van der Waals surface area contributed by atoms with E-state index in [-0.39, 0.29) is 4.90 Å². The van der Waals surface area contributed by atoms with Crippen molar-refractivity contribution in [1.29, 1.82) is 0 Å². The van der Waals surface area contributed by atoms with Crippen molar-refractivity contribution < 1.29 is 17.2 Å². The van der Waals surface area contributed by atoms with Crippen LogP contribution in [0.2, 0.25) is 0 Å². The van der Waals surface area contributed by atoms with Crippen LogP contribution in [-0.2, 0) is 15.6 Å². The first-order chi connectivity index (χ1) is 11.5. The van der Waals surface area contributed by atoms with Crippen LogP contribution in [0, 0.1) is 0 Å². The highest BCUT2D eigenvalue weighted by Gasteiger charge is 2.26. The summed E-state index contributed by atoms with van der Waals surface area (Å²) in [6.45, 7) is 0. The van der Waals surface area contributed by atoms with Gasteiger partial charge in [0, 0.05) is 11.1 Å². The second-order valence-electron chi connectivity index (χ2n) is 5.08. The van der Waals surface area contributed by atoms with Gasteiger partial charge in [0.15, 0.2) is 0 Å². The minimum absolute atomic E-state index is 0.366. The summed E-state index contributed by atoms with van der Waals surface area (Å²) in [7, 11) is -4.54. The highest BCUT2D eigenvalue weighted by Crippen LogP contribution is 2.25. The largest absolute Gasteiger partial charge is 0.341 e. The van der Waals surface area contributed by atoms with Gasteiger partial charge in [0.25, 0.3) is 0 Å². The van der Waals surface area contributed by atoms with Gasteiger partial charge >= 0.3 is 5.76 Å². The number of alkyl halides is 2. The molecule has 0 spiro atoms. The van der Waals surface area contributed by atoms with Gasteiger partial charge in [-0.05, 0) is 29.8 Å². The highest BCUT2D eigenvalue weighted by molar-refractivity contribution is 7.98. The fourth-order valence-electron chi connectivity index (χ4n) is 2.16. The molecule has 0 aliphatic heterocycles. The van der Waals surface area contributed by atoms with Crippen molar-refractivity contribution in [2.45, 2.75) is 21.4 Å². The zero-order valence-corrected chi connectivity index (χ0v) is 14.0. The number of fused-ring (bicyclic) bond motifs is 1. The quantitative estimate of drug-likeness (QED) is 0.624. The summed E-state index contributed by atoms with van der Waals surface area (Å²) in [6, 6.07) is 17.2. The molecule has 0 atom stereocenters. The van der Waals surface area contributed by atoms with E-state index in [9.17, 15) is 17.2 Å². The van der Waals surface area contributed by atoms with E-state index in [1.54, 1.807) is 12.1 Å². The molecule has 124 valence electrons. The van der Waals surface area contributed by atoms with Gasteiger partial charge in [-0.15, -0.1) is 11.8 Å². The van der Waals surface area contributed by atoms with Crippen LogP contribution >= 0.6 is 11.8 Å². The summed E-state index contributed by atoms with van der Waals surface area (Å²) >= 11 is 1.50. The van der Waals surface area contributed by atoms with Crippen LogP contribution < -0.4 is 0 Å². The number of rotatable bonds is 5. The average Bonchev–Trinajstić information content (AvgIpc) is 2.60. The molecule has 0 amide bonds. The summed E-state index contributed by atoms with van der Waals surface area (Å²) in [5, 5.41) is 1.90. The van der Waals surface area contributed by atoms with Gasteiger partial charge < -0.3 is 0 Å². The summed E-state index contributed by atoms with van der Waals surface area (Å²) in [5.74, 6) is -2.83. The number of pyridine rings is 1. The van der Waals surface area contributed by atoms with E-state index in [1.807, 2.05) is 36.4 Å². The molecule has 3 nitrogen and oxygen atoms in total. The van der Waals surface area contributed by atoms with Crippen molar-refractivity contribution in [2.24, 2.45) is 0 Å². The minimum atomic E-state index is -4.54. The number of hydrogen-bond acceptors (Lipinski definition) is 4. The Bertz CT molecular complexity index is 958. The lowest BCUT2D eigenvalue weighted by Crippen LogP contribution is -2.11. The molecule has 0 aliphatic rings. The highest BCUT2D eigenvalue weighted by atomic mass is 32.2. The molecule has 3 rings (SSSR count). The number of thioether (sulfide) groups is 1. The molecule has 0 saturated carbocycles. The third-order valence-electron chi connectivity index (χ3n) is 3.45. The Balaban J connectivity index is 1.72. The van der Waals surface area contributed by atoms with Gasteiger partial charge in [0.1, 0.15) is 0 Å². The smallest absolute Gasteiger partial charge is 0.241 e. The Labute approximate surface area is 142 Å². The Morgan fingerprint density at radius 1 is 0.958 bits per heavy atom. The normalized spacial score (nSPS) is 12.0. The molecule has 3 aromatic rings. The molecule has 0 N–H and O–H groups in total. The summed E-state index contributed by atoms with van der Waals surface area (Å²) < 4.78 is 47.8. The third kappa shape index (κ3) is 3.57. The first-order valence-electron chi connectivity index (χ1n) is 7.06. The van der Waals surface area contributed by atoms with E-state index in [0.29, 0.717) is 5.75 Å². The lowest BCUT2D eigenvalue weighted by atomic mass is 10.2. The van der Waals surface area contributed by atoms with Gasteiger partial charge in [0.2, 0.25) is 9.84 Å². The SMILES string of the molecule is O=S(=O)(c1ccc(CSc2ccc3ccccc3n2)cc1)C(F)F. The minimum Gasteiger partial charge on any atom is -0.241 e. The predicted octanol–water partition coefficient (Wildman–Crippen LogP) is 4.52. The maximum atomic E-state index is 12.5. The van der Waals surface area contributed by atoms with E-state index in [2.05, 4.69) is 4.98 Å². The van der Waals surface area contributed by atoms with Crippen LogP contribution in [0.15, 0.2) is 70.6 Å². The molecule has 0 radical (unpaired) electrons.